The molecular formula is C22H23F3O4. The van der Waals surface area contributed by atoms with Crippen molar-refractivity contribution < 1.29 is 32.9 Å². The molecule has 0 radical (unpaired) electrons. The predicted molar refractivity (Wildman–Crippen MR) is 103 cm³/mol. The number of hydrogen-bond donors (Lipinski definition) is 2. The molecule has 0 bridgehead atoms. The van der Waals surface area contributed by atoms with Crippen LogP contribution in [-0.2, 0) is 4.79 Å². The maximum atomic E-state index is 13.8. The third-order valence-electron chi connectivity index (χ3n) is 5.50. The Bertz CT molecular complexity index is 966. The Hall–Kier alpha value is -2.54. The summed E-state index contributed by atoms with van der Waals surface area (Å²) in [6.07, 6.45) is -1.49. The summed E-state index contributed by atoms with van der Waals surface area (Å²) < 4.78 is 44.7. The van der Waals surface area contributed by atoms with Gasteiger partial charge in [-0.25, -0.2) is 9.18 Å². The average Bonchev–Trinajstić information content (AvgIpc) is 2.66. The summed E-state index contributed by atoms with van der Waals surface area (Å²) in [4.78, 5) is 11.2. The Balaban J connectivity index is 1.86. The number of hydrogen-bond acceptors (Lipinski definition) is 3. The zero-order valence-electron chi connectivity index (χ0n) is 16.2. The van der Waals surface area contributed by atoms with Gasteiger partial charge in [-0.05, 0) is 73.9 Å². The third kappa shape index (κ3) is 4.40. The lowest BCUT2D eigenvalue weighted by Gasteiger charge is -2.35. The predicted octanol–water partition coefficient (Wildman–Crippen LogP) is 5.55. The van der Waals surface area contributed by atoms with Gasteiger partial charge in [-0.3, -0.25) is 0 Å². The molecule has 1 aliphatic rings. The second-order valence-electron chi connectivity index (χ2n) is 8.09. The minimum absolute atomic E-state index is 0.0275. The molecule has 0 aromatic heterocycles. The van der Waals surface area contributed by atoms with Crippen molar-refractivity contribution in [3.05, 3.63) is 53.9 Å². The lowest BCUT2D eigenvalue weighted by atomic mass is 9.74. The number of aliphatic hydroxyl groups is 1. The second-order valence-corrected chi connectivity index (χ2v) is 8.09. The number of halogens is 3. The highest BCUT2D eigenvalue weighted by Crippen LogP contribution is 2.44. The Kier molecular flexibility index (Phi) is 5.63. The van der Waals surface area contributed by atoms with Gasteiger partial charge >= 0.3 is 12.0 Å². The number of ether oxygens (including phenoxy) is 1. The Labute approximate surface area is 166 Å². The van der Waals surface area contributed by atoms with Crippen LogP contribution in [0.3, 0.4) is 0 Å². The van der Waals surface area contributed by atoms with Crippen LogP contribution in [0, 0.1) is 0 Å². The summed E-state index contributed by atoms with van der Waals surface area (Å²) in [6.45, 7) is 2.92. The molecule has 2 unspecified atom stereocenters. The minimum Gasteiger partial charge on any atom is -0.478 e. The van der Waals surface area contributed by atoms with Gasteiger partial charge in [-0.2, -0.15) is 8.78 Å². The van der Waals surface area contributed by atoms with Gasteiger partial charge in [0, 0.05) is 0 Å². The number of carbonyl (C=O) groups is 1. The van der Waals surface area contributed by atoms with Crippen molar-refractivity contribution in [2.75, 3.05) is 0 Å². The Morgan fingerprint density at radius 2 is 1.79 bits per heavy atom. The molecular weight excluding hydrogens is 385 g/mol. The van der Waals surface area contributed by atoms with E-state index in [9.17, 15) is 28.2 Å². The molecule has 0 amide bonds. The van der Waals surface area contributed by atoms with Crippen molar-refractivity contribution in [3.8, 4) is 5.75 Å². The van der Waals surface area contributed by atoms with Gasteiger partial charge in [0.25, 0.3) is 0 Å². The van der Waals surface area contributed by atoms with E-state index >= 15 is 0 Å². The van der Waals surface area contributed by atoms with Crippen molar-refractivity contribution in [3.63, 3.8) is 0 Å². The van der Waals surface area contributed by atoms with Crippen LogP contribution in [0.15, 0.2) is 48.3 Å². The molecule has 0 aliphatic heterocycles. The first-order chi connectivity index (χ1) is 13.5. The van der Waals surface area contributed by atoms with Crippen LogP contribution in [-0.4, -0.2) is 27.4 Å². The molecule has 3 rings (SSSR count). The van der Waals surface area contributed by atoms with E-state index in [0.29, 0.717) is 18.6 Å². The van der Waals surface area contributed by atoms with E-state index in [1.807, 2.05) is 18.2 Å². The molecule has 2 atom stereocenters. The van der Waals surface area contributed by atoms with Gasteiger partial charge in [0.15, 0.2) is 11.4 Å². The maximum absolute atomic E-state index is 13.8. The van der Waals surface area contributed by atoms with Crippen LogP contribution in [0.25, 0.3) is 10.8 Å². The quantitative estimate of drug-likeness (QED) is 0.681. The van der Waals surface area contributed by atoms with Crippen molar-refractivity contribution in [1.82, 2.24) is 0 Å². The summed E-state index contributed by atoms with van der Waals surface area (Å²) in [5.41, 5.74) is -2.66. The first kappa shape index (κ1) is 21.2. The molecule has 0 saturated heterocycles. The molecule has 4 nitrogen and oxygen atoms in total. The number of carboxylic acid groups (broad SMARTS) is 1. The van der Waals surface area contributed by atoms with Crippen LogP contribution in [0.4, 0.5) is 13.2 Å². The summed E-state index contributed by atoms with van der Waals surface area (Å²) in [5.74, 6) is -2.64. The molecule has 2 aromatic rings. The molecule has 2 N–H and O–H groups in total. The number of benzene rings is 2. The van der Waals surface area contributed by atoms with Gasteiger partial charge in [0.2, 0.25) is 0 Å². The number of fused-ring (bicyclic) bond motifs is 1. The first-order valence-corrected chi connectivity index (χ1v) is 9.41. The Morgan fingerprint density at radius 3 is 2.45 bits per heavy atom. The van der Waals surface area contributed by atoms with E-state index in [-0.39, 0.29) is 18.8 Å². The van der Waals surface area contributed by atoms with Crippen LogP contribution >= 0.6 is 0 Å². The van der Waals surface area contributed by atoms with Crippen molar-refractivity contribution in [2.45, 2.75) is 56.7 Å². The summed E-state index contributed by atoms with van der Waals surface area (Å²) >= 11 is 0. The van der Waals surface area contributed by atoms with E-state index in [4.69, 9.17) is 4.74 Å². The van der Waals surface area contributed by atoms with Crippen LogP contribution in [0.5, 0.6) is 5.75 Å². The topological polar surface area (TPSA) is 66.8 Å². The van der Waals surface area contributed by atoms with Gasteiger partial charge < -0.3 is 14.9 Å². The zero-order chi connectivity index (χ0) is 21.4. The SMILES string of the molecule is CC(C)(Oc1ccc2cc(C3CCCC(O)(C(F)=C(F)F)C3)ccc2c1)C(=O)O. The Morgan fingerprint density at radius 1 is 1.14 bits per heavy atom. The number of rotatable bonds is 5. The van der Waals surface area contributed by atoms with E-state index in [1.54, 1.807) is 18.2 Å². The first-order valence-electron chi connectivity index (χ1n) is 9.41. The standard InChI is InChI=1S/C22H23F3O4/c1-21(2,20(26)27)29-17-8-7-13-10-14(5-6-15(13)11-17)16-4-3-9-22(28,12-16)18(23)19(24)25/h5-8,10-11,16,28H,3-4,9,12H2,1-2H3,(H,26,27). The zero-order valence-corrected chi connectivity index (χ0v) is 16.2. The molecule has 1 fully saturated rings. The fourth-order valence-corrected chi connectivity index (χ4v) is 3.81. The third-order valence-corrected chi connectivity index (χ3v) is 5.50. The van der Waals surface area contributed by atoms with E-state index < -0.39 is 29.1 Å². The van der Waals surface area contributed by atoms with Crippen molar-refractivity contribution >= 4 is 16.7 Å². The molecule has 1 saturated carbocycles. The van der Waals surface area contributed by atoms with E-state index in [2.05, 4.69) is 0 Å². The van der Waals surface area contributed by atoms with Crippen LogP contribution in [0.1, 0.15) is 51.0 Å². The maximum Gasteiger partial charge on any atom is 0.347 e. The smallest absolute Gasteiger partial charge is 0.347 e. The number of aliphatic carboxylic acids is 1. The highest BCUT2D eigenvalue weighted by Gasteiger charge is 2.41. The summed E-state index contributed by atoms with van der Waals surface area (Å²) in [5, 5.41) is 21.2. The van der Waals surface area contributed by atoms with Gasteiger partial charge in [-0.1, -0.05) is 24.3 Å². The number of carboxylic acids is 1. The van der Waals surface area contributed by atoms with Gasteiger partial charge in [-0.15, -0.1) is 0 Å². The van der Waals surface area contributed by atoms with Crippen molar-refractivity contribution in [1.29, 1.82) is 0 Å². The molecule has 0 spiro atoms. The van der Waals surface area contributed by atoms with Crippen LogP contribution < -0.4 is 4.74 Å². The molecule has 29 heavy (non-hydrogen) atoms. The minimum atomic E-state index is -2.47. The summed E-state index contributed by atoms with van der Waals surface area (Å²) in [7, 11) is 0. The summed E-state index contributed by atoms with van der Waals surface area (Å²) in [6, 6.07) is 10.7. The van der Waals surface area contributed by atoms with Gasteiger partial charge in [0.1, 0.15) is 11.4 Å². The van der Waals surface area contributed by atoms with E-state index in [1.165, 1.54) is 13.8 Å². The lowest BCUT2D eigenvalue weighted by Crippen LogP contribution is -2.37. The fourth-order valence-electron chi connectivity index (χ4n) is 3.81. The largest absolute Gasteiger partial charge is 0.478 e. The highest BCUT2D eigenvalue weighted by molar-refractivity contribution is 5.85. The van der Waals surface area contributed by atoms with E-state index in [0.717, 1.165) is 16.3 Å². The lowest BCUT2D eigenvalue weighted by molar-refractivity contribution is -0.152. The van der Waals surface area contributed by atoms with Gasteiger partial charge in [0.05, 0.1) is 0 Å². The fraction of sp³-hybridized carbons (Fsp3) is 0.409. The average molecular weight is 408 g/mol. The second kappa shape index (κ2) is 7.71. The monoisotopic (exact) mass is 408 g/mol. The molecule has 2 aromatic carbocycles. The molecule has 1 aliphatic carbocycles. The molecule has 7 heteroatoms. The molecule has 0 heterocycles. The van der Waals surface area contributed by atoms with Crippen molar-refractivity contribution in [2.24, 2.45) is 0 Å². The highest BCUT2D eigenvalue weighted by atomic mass is 19.3. The normalized spacial score (nSPS) is 22.3. The van der Waals surface area contributed by atoms with Crippen LogP contribution in [0.2, 0.25) is 0 Å². The molecule has 156 valence electrons.